The molecule has 0 aliphatic carbocycles. The van der Waals surface area contributed by atoms with E-state index in [0.29, 0.717) is 31.2 Å². The molecule has 0 fully saturated rings. The molecule has 1 aliphatic heterocycles. The Bertz CT molecular complexity index is 942. The Balaban J connectivity index is 1.43. The normalized spacial score (nSPS) is 13.8. The molecule has 0 saturated carbocycles. The van der Waals surface area contributed by atoms with Crippen molar-refractivity contribution in [2.45, 2.75) is 13.2 Å². The Morgan fingerprint density at radius 1 is 1.31 bits per heavy atom. The highest BCUT2D eigenvalue weighted by atomic mass is 16.5. The van der Waals surface area contributed by atoms with Crippen LogP contribution in [0.25, 0.3) is 5.65 Å². The molecule has 9 nitrogen and oxygen atoms in total. The monoisotopic (exact) mass is 355 g/mol. The van der Waals surface area contributed by atoms with Crippen LogP contribution in [0.4, 0.5) is 0 Å². The molecular formula is C17H17N5O4. The van der Waals surface area contributed by atoms with Gasteiger partial charge in [0, 0.05) is 18.2 Å². The predicted octanol–water partition coefficient (Wildman–Crippen LogP) is 0.417. The minimum Gasteiger partial charge on any atom is -0.491 e. The standard InChI is InChI=1S/C17H17N5O4/c23-9-12-1-2-14-13(7-12)8-21(5-6-25-14)17(24)10-26-16-4-3-15-19-18-11-22(15)20-16/h1-4,7,11,23H,5-6,8-10H2. The first-order valence-corrected chi connectivity index (χ1v) is 8.16. The minimum atomic E-state index is -0.165. The summed E-state index contributed by atoms with van der Waals surface area (Å²) >= 11 is 0. The van der Waals surface area contributed by atoms with Gasteiger partial charge in [0.15, 0.2) is 12.3 Å². The van der Waals surface area contributed by atoms with Gasteiger partial charge in [-0.15, -0.1) is 15.3 Å². The molecule has 1 aliphatic rings. The molecule has 0 saturated heterocycles. The van der Waals surface area contributed by atoms with E-state index >= 15 is 0 Å². The average molecular weight is 355 g/mol. The number of aliphatic hydroxyl groups excluding tert-OH is 1. The second-order valence-corrected chi connectivity index (χ2v) is 5.86. The number of rotatable bonds is 4. The smallest absolute Gasteiger partial charge is 0.260 e. The van der Waals surface area contributed by atoms with Gasteiger partial charge in [0.2, 0.25) is 5.88 Å². The molecule has 26 heavy (non-hydrogen) atoms. The van der Waals surface area contributed by atoms with E-state index in [4.69, 9.17) is 9.47 Å². The lowest BCUT2D eigenvalue weighted by atomic mass is 10.1. The van der Waals surface area contributed by atoms with Gasteiger partial charge >= 0.3 is 0 Å². The van der Waals surface area contributed by atoms with E-state index in [0.717, 1.165) is 16.9 Å². The molecule has 2 aromatic heterocycles. The lowest BCUT2D eigenvalue weighted by Crippen LogP contribution is -2.36. The maximum Gasteiger partial charge on any atom is 0.260 e. The lowest BCUT2D eigenvalue weighted by molar-refractivity contribution is -0.134. The summed E-state index contributed by atoms with van der Waals surface area (Å²) in [6.45, 7) is 1.09. The molecule has 3 aromatic rings. The fraction of sp³-hybridized carbons (Fsp3) is 0.294. The predicted molar refractivity (Wildman–Crippen MR) is 89.6 cm³/mol. The molecular weight excluding hydrogens is 338 g/mol. The SMILES string of the molecule is O=C(COc1ccc2nncn2n1)N1CCOc2ccc(CO)cc2C1. The van der Waals surface area contributed by atoms with Crippen LogP contribution in [-0.4, -0.2) is 55.5 Å². The average Bonchev–Trinajstić information content (AvgIpc) is 3.03. The van der Waals surface area contributed by atoms with Gasteiger partial charge in [-0.05, 0) is 23.8 Å². The Labute approximate surface area is 148 Å². The summed E-state index contributed by atoms with van der Waals surface area (Å²) in [6.07, 6.45) is 1.46. The molecule has 0 atom stereocenters. The third kappa shape index (κ3) is 3.29. The second-order valence-electron chi connectivity index (χ2n) is 5.86. The van der Waals surface area contributed by atoms with Crippen molar-refractivity contribution >= 4 is 11.6 Å². The van der Waals surface area contributed by atoms with Crippen molar-refractivity contribution in [2.24, 2.45) is 0 Å². The second kappa shape index (κ2) is 6.96. The van der Waals surface area contributed by atoms with Gasteiger partial charge in [0.25, 0.3) is 5.91 Å². The van der Waals surface area contributed by atoms with E-state index in [2.05, 4.69) is 15.3 Å². The van der Waals surface area contributed by atoms with Crippen molar-refractivity contribution in [3.05, 3.63) is 47.8 Å². The van der Waals surface area contributed by atoms with Gasteiger partial charge in [-0.3, -0.25) is 4.79 Å². The molecule has 1 amide bonds. The van der Waals surface area contributed by atoms with Crippen molar-refractivity contribution in [2.75, 3.05) is 19.8 Å². The summed E-state index contributed by atoms with van der Waals surface area (Å²) in [5.74, 6) is 0.888. The third-order valence-electron chi connectivity index (χ3n) is 4.12. The summed E-state index contributed by atoms with van der Waals surface area (Å²) in [5, 5.41) is 21.1. The third-order valence-corrected chi connectivity index (χ3v) is 4.12. The minimum absolute atomic E-state index is 0.0540. The first-order valence-electron chi connectivity index (χ1n) is 8.16. The molecule has 4 rings (SSSR count). The van der Waals surface area contributed by atoms with Crippen LogP contribution in [0.15, 0.2) is 36.7 Å². The zero-order valence-electron chi connectivity index (χ0n) is 13.9. The number of aromatic nitrogens is 4. The largest absolute Gasteiger partial charge is 0.491 e. The van der Waals surface area contributed by atoms with E-state index in [9.17, 15) is 9.90 Å². The Morgan fingerprint density at radius 2 is 2.23 bits per heavy atom. The number of nitrogens with zero attached hydrogens (tertiary/aromatic N) is 5. The number of fused-ring (bicyclic) bond motifs is 2. The van der Waals surface area contributed by atoms with Crippen LogP contribution in [0.3, 0.4) is 0 Å². The molecule has 0 spiro atoms. The highest BCUT2D eigenvalue weighted by molar-refractivity contribution is 5.78. The molecule has 0 unspecified atom stereocenters. The van der Waals surface area contributed by atoms with Crippen LogP contribution in [-0.2, 0) is 17.9 Å². The van der Waals surface area contributed by atoms with Crippen molar-refractivity contribution in [1.82, 2.24) is 24.7 Å². The molecule has 1 aromatic carbocycles. The van der Waals surface area contributed by atoms with Gasteiger partial charge in [0.1, 0.15) is 18.7 Å². The fourth-order valence-corrected chi connectivity index (χ4v) is 2.77. The lowest BCUT2D eigenvalue weighted by Gasteiger charge is -2.20. The molecule has 3 heterocycles. The first-order chi connectivity index (χ1) is 12.7. The Hall–Kier alpha value is -3.20. The summed E-state index contributed by atoms with van der Waals surface area (Å²) < 4.78 is 12.7. The molecule has 0 radical (unpaired) electrons. The van der Waals surface area contributed by atoms with Crippen LogP contribution < -0.4 is 9.47 Å². The van der Waals surface area contributed by atoms with Gasteiger partial charge in [-0.1, -0.05) is 6.07 Å². The van der Waals surface area contributed by atoms with Gasteiger partial charge < -0.3 is 19.5 Å². The van der Waals surface area contributed by atoms with Crippen LogP contribution in [0, 0.1) is 0 Å². The number of carbonyl (C=O) groups excluding carboxylic acids is 1. The highest BCUT2D eigenvalue weighted by Gasteiger charge is 2.20. The summed E-state index contributed by atoms with van der Waals surface area (Å²) in [6, 6.07) is 8.84. The number of amides is 1. The maximum atomic E-state index is 12.5. The molecule has 1 N–H and O–H groups in total. The zero-order chi connectivity index (χ0) is 17.9. The van der Waals surface area contributed by atoms with E-state index in [1.54, 1.807) is 17.0 Å². The van der Waals surface area contributed by atoms with Gasteiger partial charge in [0.05, 0.1) is 13.2 Å². The molecule has 0 bridgehead atoms. The quantitative estimate of drug-likeness (QED) is 0.723. The van der Waals surface area contributed by atoms with Crippen molar-refractivity contribution < 1.29 is 19.4 Å². The highest BCUT2D eigenvalue weighted by Crippen LogP contribution is 2.24. The first kappa shape index (κ1) is 16.3. The fourth-order valence-electron chi connectivity index (χ4n) is 2.77. The topological polar surface area (TPSA) is 102 Å². The van der Waals surface area contributed by atoms with Crippen molar-refractivity contribution in [3.63, 3.8) is 0 Å². The van der Waals surface area contributed by atoms with E-state index in [1.165, 1.54) is 10.8 Å². The van der Waals surface area contributed by atoms with E-state index < -0.39 is 0 Å². The van der Waals surface area contributed by atoms with Gasteiger partial charge in [-0.2, -0.15) is 4.52 Å². The van der Waals surface area contributed by atoms with Crippen LogP contribution >= 0.6 is 0 Å². The summed E-state index contributed by atoms with van der Waals surface area (Å²) in [4.78, 5) is 14.2. The number of carbonyl (C=O) groups is 1. The van der Waals surface area contributed by atoms with Crippen LogP contribution in [0.1, 0.15) is 11.1 Å². The summed E-state index contributed by atoms with van der Waals surface area (Å²) in [7, 11) is 0. The van der Waals surface area contributed by atoms with E-state index in [-0.39, 0.29) is 19.1 Å². The Kier molecular flexibility index (Phi) is 4.36. The molecule has 134 valence electrons. The number of hydrogen-bond acceptors (Lipinski definition) is 7. The zero-order valence-corrected chi connectivity index (χ0v) is 13.9. The molecule has 9 heteroatoms. The number of aliphatic hydroxyl groups is 1. The Morgan fingerprint density at radius 3 is 3.12 bits per heavy atom. The van der Waals surface area contributed by atoms with Crippen molar-refractivity contribution in [1.29, 1.82) is 0 Å². The van der Waals surface area contributed by atoms with Crippen LogP contribution in [0.5, 0.6) is 11.6 Å². The van der Waals surface area contributed by atoms with Crippen molar-refractivity contribution in [3.8, 4) is 11.6 Å². The van der Waals surface area contributed by atoms with Crippen LogP contribution in [0.2, 0.25) is 0 Å². The number of ether oxygens (including phenoxy) is 2. The summed E-state index contributed by atoms with van der Waals surface area (Å²) in [5.41, 5.74) is 2.25. The van der Waals surface area contributed by atoms with E-state index in [1.807, 2.05) is 18.2 Å². The number of hydrogen-bond donors (Lipinski definition) is 1. The maximum absolute atomic E-state index is 12.5. The number of benzene rings is 1. The van der Waals surface area contributed by atoms with Gasteiger partial charge in [-0.25, -0.2) is 0 Å².